The predicted molar refractivity (Wildman–Crippen MR) is 62.6 cm³/mol. The van der Waals surface area contributed by atoms with E-state index < -0.39 is 0 Å². The molecule has 3 rings (SSSR count). The standard InChI is InChI=1S/C14H19N/c1-2-6-12(7-3-1)10-15-11-13-8-4-5-9-14(13)15/h1-3,6-7,13-14H,4-5,8-11H2/t13-,14+/m0/s1. The molecule has 1 saturated carbocycles. The first-order chi connectivity index (χ1) is 7.43. The zero-order chi connectivity index (χ0) is 10.1. The molecule has 0 N–H and O–H groups in total. The molecule has 1 aliphatic heterocycles. The number of benzene rings is 1. The average molecular weight is 201 g/mol. The average Bonchev–Trinajstić information content (AvgIpc) is 2.27. The molecule has 0 bridgehead atoms. The number of likely N-dealkylation sites (tertiary alicyclic amines) is 1. The fraction of sp³-hybridized carbons (Fsp3) is 0.571. The molecule has 1 saturated heterocycles. The van der Waals surface area contributed by atoms with E-state index in [9.17, 15) is 0 Å². The molecule has 2 fully saturated rings. The van der Waals surface area contributed by atoms with Crippen molar-refractivity contribution in [2.24, 2.45) is 5.92 Å². The molecule has 1 aromatic carbocycles. The smallest absolute Gasteiger partial charge is 0.0236 e. The number of fused-ring (bicyclic) bond motifs is 1. The maximum atomic E-state index is 2.67. The summed E-state index contributed by atoms with van der Waals surface area (Å²) in [4.78, 5) is 2.67. The third kappa shape index (κ3) is 1.81. The molecule has 15 heavy (non-hydrogen) atoms. The van der Waals surface area contributed by atoms with Crippen molar-refractivity contribution in [3.8, 4) is 0 Å². The largest absolute Gasteiger partial charge is 0.295 e. The SMILES string of the molecule is c1ccc(CN2C[C@@H]3CCCC[C@H]32)cc1. The lowest BCUT2D eigenvalue weighted by Crippen LogP contribution is -2.56. The van der Waals surface area contributed by atoms with Crippen LogP contribution in [-0.4, -0.2) is 17.5 Å². The summed E-state index contributed by atoms with van der Waals surface area (Å²) < 4.78 is 0. The summed E-state index contributed by atoms with van der Waals surface area (Å²) in [6.07, 6.45) is 5.85. The fourth-order valence-electron chi connectivity index (χ4n) is 3.18. The van der Waals surface area contributed by atoms with Gasteiger partial charge in [-0.3, -0.25) is 4.90 Å². The molecule has 80 valence electrons. The van der Waals surface area contributed by atoms with Crippen molar-refractivity contribution < 1.29 is 0 Å². The highest BCUT2D eigenvalue weighted by molar-refractivity contribution is 5.15. The van der Waals surface area contributed by atoms with Crippen molar-refractivity contribution in [3.05, 3.63) is 35.9 Å². The van der Waals surface area contributed by atoms with E-state index >= 15 is 0 Å². The number of hydrogen-bond donors (Lipinski definition) is 0. The minimum Gasteiger partial charge on any atom is -0.295 e. The van der Waals surface area contributed by atoms with Crippen molar-refractivity contribution >= 4 is 0 Å². The molecule has 0 unspecified atom stereocenters. The lowest BCUT2D eigenvalue weighted by molar-refractivity contribution is -0.0208. The lowest BCUT2D eigenvalue weighted by atomic mass is 9.77. The Balaban J connectivity index is 1.61. The normalized spacial score (nSPS) is 30.7. The molecule has 0 radical (unpaired) electrons. The molecule has 1 nitrogen and oxygen atoms in total. The van der Waals surface area contributed by atoms with Crippen LogP contribution in [0.1, 0.15) is 31.2 Å². The minimum atomic E-state index is 0.916. The van der Waals surface area contributed by atoms with E-state index in [1.807, 2.05) is 0 Å². The van der Waals surface area contributed by atoms with E-state index in [2.05, 4.69) is 35.2 Å². The Morgan fingerprint density at radius 1 is 1.07 bits per heavy atom. The van der Waals surface area contributed by atoms with Crippen LogP contribution >= 0.6 is 0 Å². The summed E-state index contributed by atoms with van der Waals surface area (Å²) >= 11 is 0. The molecule has 0 aromatic heterocycles. The monoisotopic (exact) mass is 201 g/mol. The van der Waals surface area contributed by atoms with E-state index in [1.165, 1.54) is 44.3 Å². The van der Waals surface area contributed by atoms with Crippen LogP contribution in [0.2, 0.25) is 0 Å². The van der Waals surface area contributed by atoms with E-state index in [1.54, 1.807) is 0 Å². The summed E-state index contributed by atoms with van der Waals surface area (Å²) in [6, 6.07) is 11.8. The lowest BCUT2D eigenvalue weighted by Gasteiger charge is -2.51. The van der Waals surface area contributed by atoms with Gasteiger partial charge in [-0.2, -0.15) is 0 Å². The van der Waals surface area contributed by atoms with Crippen LogP contribution in [0, 0.1) is 5.92 Å². The molecule has 0 amide bonds. The van der Waals surface area contributed by atoms with Crippen LogP contribution in [0.3, 0.4) is 0 Å². The van der Waals surface area contributed by atoms with Gasteiger partial charge in [-0.15, -0.1) is 0 Å². The number of hydrogen-bond acceptors (Lipinski definition) is 1. The van der Waals surface area contributed by atoms with E-state index in [4.69, 9.17) is 0 Å². The van der Waals surface area contributed by atoms with Gasteiger partial charge in [-0.1, -0.05) is 43.2 Å². The Morgan fingerprint density at radius 3 is 2.67 bits per heavy atom. The molecule has 1 heterocycles. The third-order valence-electron chi connectivity index (χ3n) is 4.04. The number of nitrogens with zero attached hydrogens (tertiary/aromatic N) is 1. The first-order valence-corrected chi connectivity index (χ1v) is 6.21. The quantitative estimate of drug-likeness (QED) is 0.711. The van der Waals surface area contributed by atoms with E-state index in [0.717, 1.165) is 12.0 Å². The Hall–Kier alpha value is -0.820. The van der Waals surface area contributed by atoms with Gasteiger partial charge in [0.15, 0.2) is 0 Å². The van der Waals surface area contributed by atoms with Gasteiger partial charge in [-0.25, -0.2) is 0 Å². The molecular weight excluding hydrogens is 182 g/mol. The summed E-state index contributed by atoms with van der Waals surface area (Å²) in [5, 5.41) is 0. The molecule has 1 aromatic rings. The molecule has 1 aliphatic carbocycles. The van der Waals surface area contributed by atoms with Gasteiger partial charge in [-0.05, 0) is 24.3 Å². The van der Waals surface area contributed by atoms with Gasteiger partial charge < -0.3 is 0 Å². The Kier molecular flexibility index (Phi) is 2.49. The molecule has 1 heteroatoms. The van der Waals surface area contributed by atoms with Crippen LogP contribution in [0.5, 0.6) is 0 Å². The second-order valence-electron chi connectivity index (χ2n) is 5.03. The van der Waals surface area contributed by atoms with Crippen molar-refractivity contribution in [2.75, 3.05) is 6.54 Å². The highest BCUT2D eigenvalue weighted by Gasteiger charge is 2.39. The zero-order valence-corrected chi connectivity index (χ0v) is 9.23. The second kappa shape index (κ2) is 3.97. The van der Waals surface area contributed by atoms with Gasteiger partial charge in [0.1, 0.15) is 0 Å². The first kappa shape index (κ1) is 9.41. The van der Waals surface area contributed by atoms with Crippen LogP contribution in [-0.2, 0) is 6.54 Å². The number of rotatable bonds is 2. The summed E-state index contributed by atoms with van der Waals surface area (Å²) in [7, 11) is 0. The van der Waals surface area contributed by atoms with Crippen molar-refractivity contribution in [2.45, 2.75) is 38.3 Å². The van der Waals surface area contributed by atoms with Gasteiger partial charge in [0, 0.05) is 19.1 Å². The van der Waals surface area contributed by atoms with Gasteiger partial charge >= 0.3 is 0 Å². The Bertz CT molecular complexity index is 319. The highest BCUT2D eigenvalue weighted by atomic mass is 15.2. The first-order valence-electron chi connectivity index (χ1n) is 6.21. The summed E-state index contributed by atoms with van der Waals surface area (Å²) in [6.45, 7) is 2.52. The van der Waals surface area contributed by atoms with E-state index in [-0.39, 0.29) is 0 Å². The molecule has 2 aliphatic rings. The Labute approximate surface area is 92.1 Å². The Morgan fingerprint density at radius 2 is 1.87 bits per heavy atom. The summed E-state index contributed by atoms with van der Waals surface area (Å²) in [5.41, 5.74) is 1.47. The van der Waals surface area contributed by atoms with Crippen LogP contribution in [0.15, 0.2) is 30.3 Å². The molecule has 0 spiro atoms. The maximum absolute atomic E-state index is 2.67. The van der Waals surface area contributed by atoms with Gasteiger partial charge in [0.25, 0.3) is 0 Å². The zero-order valence-electron chi connectivity index (χ0n) is 9.23. The van der Waals surface area contributed by atoms with Crippen molar-refractivity contribution in [3.63, 3.8) is 0 Å². The maximum Gasteiger partial charge on any atom is 0.0236 e. The minimum absolute atomic E-state index is 0.916. The van der Waals surface area contributed by atoms with Gasteiger partial charge in [0.05, 0.1) is 0 Å². The third-order valence-corrected chi connectivity index (χ3v) is 4.04. The fourth-order valence-corrected chi connectivity index (χ4v) is 3.18. The van der Waals surface area contributed by atoms with Crippen LogP contribution in [0.4, 0.5) is 0 Å². The van der Waals surface area contributed by atoms with Crippen LogP contribution in [0.25, 0.3) is 0 Å². The molecular formula is C14H19N. The topological polar surface area (TPSA) is 3.24 Å². The van der Waals surface area contributed by atoms with Crippen molar-refractivity contribution in [1.29, 1.82) is 0 Å². The molecule has 2 atom stereocenters. The van der Waals surface area contributed by atoms with Gasteiger partial charge in [0.2, 0.25) is 0 Å². The second-order valence-corrected chi connectivity index (χ2v) is 5.03. The predicted octanol–water partition coefficient (Wildman–Crippen LogP) is 3.06. The summed E-state index contributed by atoms with van der Waals surface area (Å²) in [5.74, 6) is 1.03. The highest BCUT2D eigenvalue weighted by Crippen LogP contribution is 2.37. The van der Waals surface area contributed by atoms with Crippen molar-refractivity contribution in [1.82, 2.24) is 4.90 Å². The van der Waals surface area contributed by atoms with E-state index in [0.29, 0.717) is 0 Å². The van der Waals surface area contributed by atoms with Crippen LogP contribution < -0.4 is 0 Å².